The summed E-state index contributed by atoms with van der Waals surface area (Å²) in [4.78, 5) is 72.1. The standard InChI is InChI=1S/C72H50N4O8/c1-47-19-15-17-29-61(47)67-73-65(51-35-43-55(44-36-51)70(79)83-59-25-11-5-12-26-59)66(52-37-45-56(46-38-52)71(80)84-60-27-13-6-14-28-60)76(67)72(62-30-18-16-20-48(62)2)74-63(49-31-39-53(40-32-49)68(77)81-57-21-7-3-8-22-57)64(75-72)50-33-41-54(42-34-50)69(78)82-58-23-9-4-10-24-58/h3-46H,1-2H3. The van der Waals surface area contributed by atoms with Gasteiger partial charge in [0.05, 0.1) is 45.1 Å². The fourth-order valence-corrected chi connectivity index (χ4v) is 10.0. The first kappa shape index (κ1) is 53.3. The highest BCUT2D eigenvalue weighted by atomic mass is 16.5. The molecule has 0 fully saturated rings. The Morgan fingerprint density at radius 1 is 0.345 bits per heavy atom. The van der Waals surface area contributed by atoms with Crippen LogP contribution in [0.5, 0.6) is 23.0 Å². The van der Waals surface area contributed by atoms with Gasteiger partial charge in [0, 0.05) is 33.4 Å². The molecular weight excluding hydrogens is 1050 g/mol. The Balaban J connectivity index is 1.09. The van der Waals surface area contributed by atoms with Gasteiger partial charge in [-0.05, 0) is 122 Å². The van der Waals surface area contributed by atoms with Crippen molar-refractivity contribution in [3.8, 4) is 56.9 Å². The van der Waals surface area contributed by atoms with Crippen LogP contribution in [-0.2, 0) is 5.79 Å². The Bertz CT molecular complexity index is 4180. The predicted molar refractivity (Wildman–Crippen MR) is 323 cm³/mol. The summed E-state index contributed by atoms with van der Waals surface area (Å²) in [6.45, 7) is 4.02. The quantitative estimate of drug-likeness (QED) is 0.0722. The van der Waals surface area contributed by atoms with Gasteiger partial charge in [0.2, 0.25) is 0 Å². The van der Waals surface area contributed by atoms with Gasteiger partial charge in [-0.15, -0.1) is 0 Å². The van der Waals surface area contributed by atoms with Crippen LogP contribution in [0.25, 0.3) is 33.9 Å². The minimum Gasteiger partial charge on any atom is -0.423 e. The van der Waals surface area contributed by atoms with Gasteiger partial charge in [-0.2, -0.15) is 0 Å². The van der Waals surface area contributed by atoms with Gasteiger partial charge in [-0.25, -0.2) is 34.1 Å². The van der Waals surface area contributed by atoms with Gasteiger partial charge >= 0.3 is 23.9 Å². The van der Waals surface area contributed by atoms with Crippen LogP contribution in [0.3, 0.4) is 0 Å². The summed E-state index contributed by atoms with van der Waals surface area (Å²) >= 11 is 0. The smallest absolute Gasteiger partial charge is 0.343 e. The van der Waals surface area contributed by atoms with Crippen molar-refractivity contribution in [3.63, 3.8) is 0 Å². The van der Waals surface area contributed by atoms with Gasteiger partial charge in [0.25, 0.3) is 5.79 Å². The molecule has 12 heteroatoms. The zero-order valence-electron chi connectivity index (χ0n) is 45.5. The molecule has 0 aliphatic carbocycles. The van der Waals surface area contributed by atoms with E-state index in [1.165, 1.54) is 0 Å². The molecule has 0 N–H and O–H groups in total. The molecule has 1 aromatic heterocycles. The number of esters is 4. The molecule has 0 spiro atoms. The molecule has 0 amide bonds. The summed E-state index contributed by atoms with van der Waals surface area (Å²) in [6, 6.07) is 79.6. The van der Waals surface area contributed by atoms with E-state index in [1.54, 1.807) is 146 Å². The van der Waals surface area contributed by atoms with Crippen LogP contribution in [0.1, 0.15) is 69.2 Å². The van der Waals surface area contributed by atoms with Crippen LogP contribution in [0.15, 0.2) is 277 Å². The summed E-state index contributed by atoms with van der Waals surface area (Å²) in [5.41, 5.74) is 8.96. The van der Waals surface area contributed by atoms with Gasteiger partial charge in [-0.1, -0.05) is 170 Å². The van der Waals surface area contributed by atoms with Crippen molar-refractivity contribution in [1.82, 2.24) is 9.55 Å². The van der Waals surface area contributed by atoms with Crippen LogP contribution < -0.4 is 18.9 Å². The third-order valence-electron chi connectivity index (χ3n) is 14.2. The molecule has 0 unspecified atom stereocenters. The monoisotopic (exact) mass is 1100 g/mol. The number of carbonyl (C=O) groups excluding carboxylic acids is 4. The fourth-order valence-electron chi connectivity index (χ4n) is 10.0. The Labute approximate surface area is 484 Å². The van der Waals surface area contributed by atoms with Gasteiger partial charge < -0.3 is 18.9 Å². The number of hydrogen-bond donors (Lipinski definition) is 0. The Morgan fingerprint density at radius 3 is 1.04 bits per heavy atom. The highest BCUT2D eigenvalue weighted by Gasteiger charge is 2.46. The lowest BCUT2D eigenvalue weighted by atomic mass is 9.98. The van der Waals surface area contributed by atoms with E-state index in [0.29, 0.717) is 102 Å². The minimum absolute atomic E-state index is 0.304. The molecule has 406 valence electrons. The number of para-hydroxylation sites is 4. The first-order valence-electron chi connectivity index (χ1n) is 27.0. The second-order valence-corrected chi connectivity index (χ2v) is 19.8. The highest BCUT2D eigenvalue weighted by Crippen LogP contribution is 2.48. The van der Waals surface area contributed by atoms with E-state index in [9.17, 15) is 19.2 Å². The fraction of sp³-hybridized carbons (Fsp3) is 0.0417. The lowest BCUT2D eigenvalue weighted by molar-refractivity contribution is 0.0725. The van der Waals surface area contributed by atoms with Crippen LogP contribution in [0, 0.1) is 13.8 Å². The Morgan fingerprint density at radius 2 is 0.667 bits per heavy atom. The molecule has 10 aromatic carbocycles. The molecule has 0 bridgehead atoms. The van der Waals surface area contributed by atoms with Crippen molar-refractivity contribution in [2.75, 3.05) is 0 Å². The Hall–Kier alpha value is -11.4. The van der Waals surface area contributed by atoms with Gasteiger partial charge in [0.1, 0.15) is 28.8 Å². The van der Waals surface area contributed by atoms with Crippen molar-refractivity contribution >= 4 is 35.3 Å². The number of benzene rings is 10. The number of rotatable bonds is 15. The number of ether oxygens (including phenoxy) is 4. The van der Waals surface area contributed by atoms with Crippen LogP contribution in [-0.4, -0.2) is 44.9 Å². The topological polar surface area (TPSA) is 148 Å². The molecule has 0 saturated carbocycles. The predicted octanol–water partition coefficient (Wildman–Crippen LogP) is 15.0. The molecule has 12 nitrogen and oxygen atoms in total. The number of nitrogens with zero attached hydrogens (tertiary/aromatic N) is 4. The van der Waals surface area contributed by atoms with E-state index >= 15 is 0 Å². The van der Waals surface area contributed by atoms with E-state index in [0.717, 1.165) is 16.7 Å². The molecular formula is C72H50N4O8. The van der Waals surface area contributed by atoms with E-state index < -0.39 is 29.7 Å². The number of aryl methyl sites for hydroxylation is 2. The maximum atomic E-state index is 13.8. The largest absolute Gasteiger partial charge is 0.423 e. The lowest BCUT2D eigenvalue weighted by Crippen LogP contribution is -2.32. The second-order valence-electron chi connectivity index (χ2n) is 19.8. The van der Waals surface area contributed by atoms with E-state index in [2.05, 4.69) is 0 Å². The summed E-state index contributed by atoms with van der Waals surface area (Å²) in [5, 5.41) is 0. The molecule has 12 rings (SSSR count). The van der Waals surface area contributed by atoms with E-state index in [-0.39, 0.29) is 0 Å². The summed E-state index contributed by atoms with van der Waals surface area (Å²) < 4.78 is 25.1. The molecule has 2 heterocycles. The number of aromatic nitrogens is 2. The van der Waals surface area contributed by atoms with Crippen LogP contribution >= 0.6 is 0 Å². The lowest BCUT2D eigenvalue weighted by Gasteiger charge is -2.31. The molecule has 11 aromatic rings. The molecule has 1 aliphatic rings. The zero-order valence-corrected chi connectivity index (χ0v) is 45.5. The second kappa shape index (κ2) is 23.4. The maximum absolute atomic E-state index is 13.8. The SMILES string of the molecule is Cc1ccccc1-c1nc(-c2ccc(C(=O)Oc3ccccc3)cc2)c(-c2ccc(C(=O)Oc3ccccc3)cc2)n1C1(c2ccccc2C)N=C(c2ccc(C(=O)Oc3ccccc3)cc2)C(c2ccc(C(=O)Oc3ccccc3)cc2)=N1. The maximum Gasteiger partial charge on any atom is 0.343 e. The molecule has 0 saturated heterocycles. The normalized spacial score (nSPS) is 12.4. The summed E-state index contributed by atoms with van der Waals surface area (Å²) in [5.74, 6) is -1.76. The average Bonchev–Trinajstić information content (AvgIpc) is 1.67. The number of carbonyl (C=O) groups is 4. The van der Waals surface area contributed by atoms with Crippen LogP contribution in [0.2, 0.25) is 0 Å². The van der Waals surface area contributed by atoms with Crippen molar-refractivity contribution in [2.45, 2.75) is 19.6 Å². The van der Waals surface area contributed by atoms with E-state index in [4.69, 9.17) is 33.9 Å². The van der Waals surface area contributed by atoms with Crippen molar-refractivity contribution in [3.05, 3.63) is 317 Å². The first-order chi connectivity index (χ1) is 41.1. The van der Waals surface area contributed by atoms with Crippen molar-refractivity contribution in [2.24, 2.45) is 9.98 Å². The minimum atomic E-state index is -1.71. The summed E-state index contributed by atoms with van der Waals surface area (Å²) in [7, 11) is 0. The first-order valence-corrected chi connectivity index (χ1v) is 27.0. The molecule has 0 radical (unpaired) electrons. The summed E-state index contributed by atoms with van der Waals surface area (Å²) in [6.07, 6.45) is 0. The highest BCUT2D eigenvalue weighted by molar-refractivity contribution is 6.54. The van der Waals surface area contributed by atoms with Crippen molar-refractivity contribution in [1.29, 1.82) is 0 Å². The van der Waals surface area contributed by atoms with Gasteiger partial charge in [0.15, 0.2) is 0 Å². The molecule has 84 heavy (non-hydrogen) atoms. The zero-order chi connectivity index (χ0) is 57.6. The number of imidazole rings is 1. The van der Waals surface area contributed by atoms with Gasteiger partial charge in [-0.3, -0.25) is 4.57 Å². The molecule has 1 aliphatic heterocycles. The van der Waals surface area contributed by atoms with Crippen molar-refractivity contribution < 1.29 is 38.1 Å². The number of aliphatic imine (C=N–C) groups is 2. The molecule has 0 atom stereocenters. The average molecular weight is 1100 g/mol. The third-order valence-corrected chi connectivity index (χ3v) is 14.2. The number of hydrogen-bond acceptors (Lipinski definition) is 11. The Kier molecular flexibility index (Phi) is 14.8. The third kappa shape index (κ3) is 11.0. The van der Waals surface area contributed by atoms with E-state index in [1.807, 2.05) is 140 Å². The van der Waals surface area contributed by atoms with Crippen LogP contribution in [0.4, 0.5) is 0 Å².